The second-order valence-electron chi connectivity index (χ2n) is 6.31. The average Bonchev–Trinajstić information content (AvgIpc) is 2.62. The lowest BCUT2D eigenvalue weighted by Gasteiger charge is -2.35. The molecule has 0 unspecified atom stereocenters. The molecule has 7 nitrogen and oxygen atoms in total. The topological polar surface area (TPSA) is 63.3 Å². The molecule has 7 heteroatoms. The largest absolute Gasteiger partial charge is 0.493 e. The lowest BCUT2D eigenvalue weighted by atomic mass is 10.1. The number of nitrogens with zero attached hydrogens (tertiary/aromatic N) is 2. The third-order valence-corrected chi connectivity index (χ3v) is 4.33. The van der Waals surface area contributed by atoms with Crippen LogP contribution in [-0.4, -0.2) is 76.5 Å². The first-order valence-electron chi connectivity index (χ1n) is 8.58. The lowest BCUT2D eigenvalue weighted by Crippen LogP contribution is -2.48. The van der Waals surface area contributed by atoms with E-state index in [9.17, 15) is 4.79 Å². The number of likely N-dealkylation sites (N-methyl/N-ethyl adjacent to an activating group) is 1. The van der Waals surface area contributed by atoms with E-state index in [-0.39, 0.29) is 12.1 Å². The Labute approximate surface area is 149 Å². The van der Waals surface area contributed by atoms with Gasteiger partial charge in [0.2, 0.25) is 0 Å². The van der Waals surface area contributed by atoms with Crippen LogP contribution in [-0.2, 0) is 4.74 Å². The van der Waals surface area contributed by atoms with Crippen molar-refractivity contribution in [1.29, 1.82) is 0 Å². The predicted molar refractivity (Wildman–Crippen MR) is 97.7 cm³/mol. The standard InChI is InChI=1S/C18H29N3O4/c1-20(2)10-11-21(14-8-12-25-13-9-14)18(22)19-15-6-5-7-16(23-3)17(15)24-4/h5-7,14H,8-13H2,1-4H3,(H,19,22). The van der Waals surface area contributed by atoms with E-state index in [0.717, 1.165) is 19.4 Å². The fourth-order valence-electron chi connectivity index (χ4n) is 2.93. The van der Waals surface area contributed by atoms with Crippen LogP contribution in [0.2, 0.25) is 0 Å². The number of amides is 2. The summed E-state index contributed by atoms with van der Waals surface area (Å²) in [7, 11) is 7.15. The van der Waals surface area contributed by atoms with E-state index in [0.29, 0.717) is 36.9 Å². The van der Waals surface area contributed by atoms with Crippen LogP contribution in [0.3, 0.4) is 0 Å². The predicted octanol–water partition coefficient (Wildman–Crippen LogP) is 2.28. The van der Waals surface area contributed by atoms with Crippen molar-refractivity contribution in [1.82, 2.24) is 9.80 Å². The van der Waals surface area contributed by atoms with Crippen molar-refractivity contribution in [3.8, 4) is 11.5 Å². The van der Waals surface area contributed by atoms with Crippen molar-refractivity contribution in [2.24, 2.45) is 0 Å². The Bertz CT molecular complexity index is 559. The second kappa shape index (κ2) is 9.48. The van der Waals surface area contributed by atoms with Gasteiger partial charge < -0.3 is 29.3 Å². The third-order valence-electron chi connectivity index (χ3n) is 4.33. The van der Waals surface area contributed by atoms with Gasteiger partial charge in [-0.3, -0.25) is 0 Å². The minimum Gasteiger partial charge on any atom is -0.493 e. The van der Waals surface area contributed by atoms with Crippen LogP contribution in [0.25, 0.3) is 0 Å². The summed E-state index contributed by atoms with van der Waals surface area (Å²) in [6.07, 6.45) is 1.71. The summed E-state index contributed by atoms with van der Waals surface area (Å²) < 4.78 is 16.1. The number of methoxy groups -OCH3 is 2. The highest BCUT2D eigenvalue weighted by Crippen LogP contribution is 2.35. The number of nitrogens with one attached hydrogen (secondary N) is 1. The molecule has 1 aliphatic heterocycles. The van der Waals surface area contributed by atoms with Crippen LogP contribution in [0.15, 0.2) is 18.2 Å². The van der Waals surface area contributed by atoms with Crippen LogP contribution in [0, 0.1) is 0 Å². The van der Waals surface area contributed by atoms with Crippen LogP contribution in [0.4, 0.5) is 10.5 Å². The zero-order chi connectivity index (χ0) is 18.2. The first-order chi connectivity index (χ1) is 12.1. The summed E-state index contributed by atoms with van der Waals surface area (Å²) in [4.78, 5) is 16.9. The van der Waals surface area contributed by atoms with E-state index in [1.165, 1.54) is 0 Å². The quantitative estimate of drug-likeness (QED) is 0.816. The number of carbonyl (C=O) groups is 1. The second-order valence-corrected chi connectivity index (χ2v) is 6.31. The van der Waals surface area contributed by atoms with E-state index in [2.05, 4.69) is 10.2 Å². The molecule has 1 N–H and O–H groups in total. The normalized spacial score (nSPS) is 15.1. The van der Waals surface area contributed by atoms with E-state index in [4.69, 9.17) is 14.2 Å². The molecule has 0 radical (unpaired) electrons. The summed E-state index contributed by atoms with van der Waals surface area (Å²) in [5.74, 6) is 1.11. The van der Waals surface area contributed by atoms with E-state index < -0.39 is 0 Å². The van der Waals surface area contributed by atoms with Crippen molar-refractivity contribution in [2.75, 3.05) is 59.9 Å². The maximum Gasteiger partial charge on any atom is 0.322 e. The minimum atomic E-state index is -0.125. The molecule has 1 aromatic carbocycles. The number of hydrogen-bond acceptors (Lipinski definition) is 5. The molecule has 1 aromatic rings. The van der Waals surface area contributed by atoms with Crippen molar-refractivity contribution >= 4 is 11.7 Å². The number of benzene rings is 1. The van der Waals surface area contributed by atoms with Gasteiger partial charge in [0.25, 0.3) is 0 Å². The Morgan fingerprint density at radius 2 is 1.92 bits per heavy atom. The van der Waals surface area contributed by atoms with Gasteiger partial charge >= 0.3 is 6.03 Å². The molecule has 1 saturated heterocycles. The third kappa shape index (κ3) is 5.24. The van der Waals surface area contributed by atoms with Crippen molar-refractivity contribution in [2.45, 2.75) is 18.9 Å². The van der Waals surface area contributed by atoms with Crippen molar-refractivity contribution < 1.29 is 19.0 Å². The Morgan fingerprint density at radius 1 is 1.20 bits per heavy atom. The van der Waals surface area contributed by atoms with Crippen LogP contribution < -0.4 is 14.8 Å². The van der Waals surface area contributed by atoms with Crippen LogP contribution in [0.5, 0.6) is 11.5 Å². The van der Waals surface area contributed by atoms with E-state index in [1.54, 1.807) is 20.3 Å². The molecule has 0 atom stereocenters. The van der Waals surface area contributed by atoms with E-state index in [1.807, 2.05) is 31.1 Å². The number of para-hydroxylation sites is 1. The highest BCUT2D eigenvalue weighted by molar-refractivity contribution is 5.91. The Hall–Kier alpha value is -1.99. The summed E-state index contributed by atoms with van der Waals surface area (Å²) in [5, 5.41) is 2.98. The number of hydrogen-bond donors (Lipinski definition) is 1. The van der Waals surface area contributed by atoms with Gasteiger partial charge in [0.1, 0.15) is 0 Å². The number of urea groups is 1. The first-order valence-corrected chi connectivity index (χ1v) is 8.58. The van der Waals surface area contributed by atoms with Crippen molar-refractivity contribution in [3.05, 3.63) is 18.2 Å². The molecule has 25 heavy (non-hydrogen) atoms. The van der Waals surface area contributed by atoms with Gasteiger partial charge in [-0.05, 0) is 39.1 Å². The molecule has 2 rings (SSSR count). The van der Waals surface area contributed by atoms with E-state index >= 15 is 0 Å². The van der Waals surface area contributed by atoms with Gasteiger partial charge in [-0.25, -0.2) is 4.79 Å². The molecular weight excluding hydrogens is 322 g/mol. The molecule has 0 aromatic heterocycles. The van der Waals surface area contributed by atoms with Crippen LogP contribution >= 0.6 is 0 Å². The molecule has 2 amide bonds. The van der Waals surface area contributed by atoms with Crippen LogP contribution in [0.1, 0.15) is 12.8 Å². The Balaban J connectivity index is 2.15. The molecule has 1 heterocycles. The van der Waals surface area contributed by atoms with Gasteiger partial charge in [0.05, 0.1) is 19.9 Å². The number of carbonyl (C=O) groups excluding carboxylic acids is 1. The molecule has 1 fully saturated rings. The van der Waals surface area contributed by atoms with Crippen molar-refractivity contribution in [3.63, 3.8) is 0 Å². The molecule has 0 bridgehead atoms. The zero-order valence-corrected chi connectivity index (χ0v) is 15.6. The summed E-state index contributed by atoms with van der Waals surface area (Å²) in [5.41, 5.74) is 0.605. The smallest absolute Gasteiger partial charge is 0.322 e. The molecule has 1 aliphatic rings. The molecular formula is C18H29N3O4. The van der Waals surface area contributed by atoms with Gasteiger partial charge in [0, 0.05) is 32.3 Å². The summed E-state index contributed by atoms with van der Waals surface area (Å²) in [6, 6.07) is 5.50. The average molecular weight is 351 g/mol. The van der Waals surface area contributed by atoms with Gasteiger partial charge in [-0.1, -0.05) is 6.07 Å². The zero-order valence-electron chi connectivity index (χ0n) is 15.6. The summed E-state index contributed by atoms with van der Waals surface area (Å²) >= 11 is 0. The molecule has 0 aliphatic carbocycles. The SMILES string of the molecule is COc1cccc(NC(=O)N(CCN(C)C)C2CCOCC2)c1OC. The number of anilines is 1. The fraction of sp³-hybridized carbons (Fsp3) is 0.611. The minimum absolute atomic E-state index is 0.125. The number of ether oxygens (including phenoxy) is 3. The highest BCUT2D eigenvalue weighted by Gasteiger charge is 2.26. The van der Waals surface area contributed by atoms with Gasteiger partial charge in [-0.2, -0.15) is 0 Å². The first kappa shape index (κ1) is 19.3. The fourth-order valence-corrected chi connectivity index (χ4v) is 2.93. The summed E-state index contributed by atoms with van der Waals surface area (Å²) in [6.45, 7) is 2.85. The maximum absolute atomic E-state index is 13.0. The number of rotatable bonds is 7. The Kier molecular flexibility index (Phi) is 7.33. The molecule has 140 valence electrons. The maximum atomic E-state index is 13.0. The monoisotopic (exact) mass is 351 g/mol. The molecule has 0 saturated carbocycles. The van der Waals surface area contributed by atoms with Gasteiger partial charge in [-0.15, -0.1) is 0 Å². The highest BCUT2D eigenvalue weighted by atomic mass is 16.5. The van der Waals surface area contributed by atoms with Gasteiger partial charge in [0.15, 0.2) is 11.5 Å². The molecule has 0 spiro atoms. The Morgan fingerprint density at radius 3 is 2.52 bits per heavy atom. The lowest BCUT2D eigenvalue weighted by molar-refractivity contribution is 0.0466.